The summed E-state index contributed by atoms with van der Waals surface area (Å²) >= 11 is 0. The van der Waals surface area contributed by atoms with Gasteiger partial charge in [0, 0.05) is 20.3 Å². The molecule has 5 nitrogen and oxygen atoms in total. The van der Waals surface area contributed by atoms with Crippen LogP contribution in [0.2, 0.25) is 0 Å². The second-order valence-corrected chi connectivity index (χ2v) is 4.48. The van der Waals surface area contributed by atoms with E-state index in [4.69, 9.17) is 9.47 Å². The van der Waals surface area contributed by atoms with Crippen molar-refractivity contribution in [3.05, 3.63) is 0 Å². The van der Waals surface area contributed by atoms with Gasteiger partial charge >= 0.3 is 5.97 Å². The molecule has 2 rings (SSSR count). The van der Waals surface area contributed by atoms with E-state index >= 15 is 0 Å². The van der Waals surface area contributed by atoms with Crippen LogP contribution in [0.5, 0.6) is 0 Å². The molecule has 1 saturated heterocycles. The van der Waals surface area contributed by atoms with Gasteiger partial charge in [-0.05, 0) is 6.92 Å². The van der Waals surface area contributed by atoms with Crippen molar-refractivity contribution >= 4 is 5.97 Å². The first-order chi connectivity index (χ1) is 6.29. The summed E-state index contributed by atoms with van der Waals surface area (Å²) in [4.78, 5) is 10.7. The van der Waals surface area contributed by atoms with E-state index in [-0.39, 0.29) is 12.6 Å². The third-order valence-electron chi connectivity index (χ3n) is 2.94. The van der Waals surface area contributed by atoms with Crippen LogP contribution in [0.25, 0.3) is 0 Å². The van der Waals surface area contributed by atoms with Crippen molar-refractivity contribution in [3.8, 4) is 0 Å². The molecular formula is C9H15NO4. The van der Waals surface area contributed by atoms with Gasteiger partial charge in [-0.25, -0.2) is 0 Å². The molecule has 0 aromatic rings. The number of carbonyl (C=O) groups excluding carboxylic acids is 1. The van der Waals surface area contributed by atoms with E-state index in [9.17, 15) is 9.90 Å². The third kappa shape index (κ3) is 1.32. The van der Waals surface area contributed by atoms with Gasteiger partial charge in [0.05, 0.1) is 11.1 Å². The molecule has 2 unspecified atom stereocenters. The SMILES string of the molecule is CC(=O)OCC12C[C@]1(C)OC(C)(O)N2. The van der Waals surface area contributed by atoms with Crippen molar-refractivity contribution in [3.63, 3.8) is 0 Å². The van der Waals surface area contributed by atoms with Gasteiger partial charge in [0.1, 0.15) is 6.61 Å². The number of rotatable bonds is 2. The summed E-state index contributed by atoms with van der Waals surface area (Å²) in [6, 6.07) is 0. The van der Waals surface area contributed by atoms with Crippen LogP contribution in [0.1, 0.15) is 27.2 Å². The Morgan fingerprint density at radius 1 is 1.64 bits per heavy atom. The summed E-state index contributed by atoms with van der Waals surface area (Å²) in [7, 11) is 0. The molecule has 0 aromatic heterocycles. The number of hydrogen-bond acceptors (Lipinski definition) is 5. The Kier molecular flexibility index (Phi) is 1.75. The molecule has 0 spiro atoms. The number of nitrogens with one attached hydrogen (secondary N) is 1. The minimum atomic E-state index is -1.31. The summed E-state index contributed by atoms with van der Waals surface area (Å²) in [5.41, 5.74) is -0.811. The van der Waals surface area contributed by atoms with Gasteiger partial charge in [0.2, 0.25) is 5.91 Å². The van der Waals surface area contributed by atoms with Crippen molar-refractivity contribution in [1.29, 1.82) is 0 Å². The summed E-state index contributed by atoms with van der Waals surface area (Å²) in [5, 5.41) is 12.5. The van der Waals surface area contributed by atoms with Gasteiger partial charge in [-0.1, -0.05) is 0 Å². The van der Waals surface area contributed by atoms with Crippen molar-refractivity contribution < 1.29 is 19.4 Å². The van der Waals surface area contributed by atoms with Crippen LogP contribution in [0.15, 0.2) is 0 Å². The highest BCUT2D eigenvalue weighted by Gasteiger charge is 2.75. The smallest absolute Gasteiger partial charge is 0.302 e. The van der Waals surface area contributed by atoms with Crippen molar-refractivity contribution in [1.82, 2.24) is 5.32 Å². The Hall–Kier alpha value is -0.650. The van der Waals surface area contributed by atoms with E-state index in [2.05, 4.69) is 5.32 Å². The van der Waals surface area contributed by atoms with Gasteiger partial charge in [-0.15, -0.1) is 0 Å². The first-order valence-electron chi connectivity index (χ1n) is 4.64. The molecule has 3 atom stereocenters. The topological polar surface area (TPSA) is 67.8 Å². The van der Waals surface area contributed by atoms with Crippen molar-refractivity contribution in [2.45, 2.75) is 44.2 Å². The number of fused-ring (bicyclic) bond motifs is 1. The van der Waals surface area contributed by atoms with Crippen molar-refractivity contribution in [2.24, 2.45) is 0 Å². The van der Waals surface area contributed by atoms with E-state index in [0.29, 0.717) is 0 Å². The minimum Gasteiger partial charge on any atom is -0.464 e. The Bertz CT molecular complexity index is 291. The highest BCUT2D eigenvalue weighted by molar-refractivity contribution is 5.66. The summed E-state index contributed by atoms with van der Waals surface area (Å²) in [6.07, 6.45) is 0.753. The lowest BCUT2D eigenvalue weighted by molar-refractivity contribution is -0.210. The lowest BCUT2D eigenvalue weighted by atomic mass is 10.2. The monoisotopic (exact) mass is 201 g/mol. The predicted octanol–water partition coefficient (Wildman–Crippen LogP) is -0.263. The zero-order valence-corrected chi connectivity index (χ0v) is 8.59. The lowest BCUT2D eigenvalue weighted by Gasteiger charge is -2.22. The third-order valence-corrected chi connectivity index (χ3v) is 2.94. The van der Waals surface area contributed by atoms with Gasteiger partial charge in [-0.2, -0.15) is 0 Å². The van der Waals surface area contributed by atoms with Crippen molar-refractivity contribution in [2.75, 3.05) is 6.61 Å². The fourth-order valence-electron chi connectivity index (χ4n) is 2.21. The fourth-order valence-corrected chi connectivity index (χ4v) is 2.21. The maximum Gasteiger partial charge on any atom is 0.302 e. The highest BCUT2D eigenvalue weighted by atomic mass is 16.7. The first kappa shape index (κ1) is 9.89. The molecule has 0 amide bonds. The Morgan fingerprint density at radius 3 is 2.71 bits per heavy atom. The number of ether oxygens (including phenoxy) is 2. The molecule has 80 valence electrons. The molecule has 1 aliphatic carbocycles. The first-order valence-corrected chi connectivity index (χ1v) is 4.64. The normalized spacial score (nSPS) is 50.0. The van der Waals surface area contributed by atoms with Crippen LogP contribution in [-0.2, 0) is 14.3 Å². The molecule has 0 aromatic carbocycles. The summed E-state index contributed by atoms with van der Waals surface area (Å²) < 4.78 is 10.3. The minimum absolute atomic E-state index is 0.245. The Morgan fingerprint density at radius 2 is 2.29 bits per heavy atom. The van der Waals surface area contributed by atoms with E-state index in [1.807, 2.05) is 6.92 Å². The number of aliphatic hydroxyl groups is 1. The molecule has 5 heteroatoms. The maximum absolute atomic E-state index is 10.7. The van der Waals surface area contributed by atoms with Gasteiger partial charge in [-0.3, -0.25) is 10.1 Å². The molecule has 2 N–H and O–H groups in total. The number of hydrogen-bond donors (Lipinski definition) is 2. The lowest BCUT2D eigenvalue weighted by Crippen LogP contribution is -2.47. The van der Waals surface area contributed by atoms with E-state index in [1.54, 1.807) is 6.92 Å². The molecule has 1 aliphatic heterocycles. The zero-order valence-electron chi connectivity index (χ0n) is 8.59. The molecular weight excluding hydrogens is 186 g/mol. The van der Waals surface area contributed by atoms with Gasteiger partial charge < -0.3 is 14.6 Å². The quantitative estimate of drug-likeness (QED) is 0.602. The van der Waals surface area contributed by atoms with Crippen LogP contribution in [0.3, 0.4) is 0 Å². The fraction of sp³-hybridized carbons (Fsp3) is 0.889. The number of carbonyl (C=O) groups is 1. The molecule has 2 fully saturated rings. The van der Waals surface area contributed by atoms with Crippen LogP contribution in [-0.4, -0.2) is 34.7 Å². The largest absolute Gasteiger partial charge is 0.464 e. The molecule has 14 heavy (non-hydrogen) atoms. The van der Waals surface area contributed by atoms with Gasteiger partial charge in [0.15, 0.2) is 0 Å². The second kappa shape index (κ2) is 2.48. The molecule has 2 aliphatic rings. The maximum atomic E-state index is 10.7. The van der Waals surface area contributed by atoms with Gasteiger partial charge in [0.25, 0.3) is 0 Å². The molecule has 0 radical (unpaired) electrons. The average molecular weight is 201 g/mol. The van der Waals surface area contributed by atoms with Crippen LogP contribution < -0.4 is 5.32 Å². The van der Waals surface area contributed by atoms with E-state index < -0.39 is 17.1 Å². The summed E-state index contributed by atoms with van der Waals surface area (Å²) in [6.45, 7) is 5.05. The highest BCUT2D eigenvalue weighted by Crippen LogP contribution is 2.57. The number of esters is 1. The predicted molar refractivity (Wildman–Crippen MR) is 47.2 cm³/mol. The zero-order chi connectivity index (χ0) is 10.6. The van der Waals surface area contributed by atoms with Crippen LogP contribution >= 0.6 is 0 Å². The van der Waals surface area contributed by atoms with Crippen LogP contribution in [0, 0.1) is 0 Å². The second-order valence-electron chi connectivity index (χ2n) is 4.48. The summed E-state index contributed by atoms with van der Waals surface area (Å²) in [5.74, 6) is -1.63. The van der Waals surface area contributed by atoms with Crippen LogP contribution in [0.4, 0.5) is 0 Å². The molecule has 1 saturated carbocycles. The average Bonchev–Trinajstić information content (AvgIpc) is 2.41. The molecule has 0 bridgehead atoms. The standard InChI is InChI=1S/C9H15NO4/c1-6(11)13-5-9-4-7(9,2)14-8(3,12)10-9/h10,12H,4-5H2,1-3H3/t7-,8?,9?/m0/s1. The molecule has 1 heterocycles. The Balaban J connectivity index is 2.02. The van der Waals surface area contributed by atoms with E-state index in [0.717, 1.165) is 6.42 Å². The van der Waals surface area contributed by atoms with E-state index in [1.165, 1.54) is 6.92 Å². The Labute approximate surface area is 82.4 Å².